The highest BCUT2D eigenvalue weighted by molar-refractivity contribution is 9.10. The van der Waals surface area contributed by atoms with E-state index in [-0.39, 0.29) is 10.2 Å². The van der Waals surface area contributed by atoms with E-state index in [4.69, 9.17) is 5.73 Å². The van der Waals surface area contributed by atoms with E-state index >= 15 is 0 Å². The molecule has 0 heterocycles. The molecule has 1 rings (SSSR count). The monoisotopic (exact) mass is 334 g/mol. The molecular formula is C13H17BrF2N2O. The SMILES string of the molecule is CC(C)(N)C(C)(C)C(=O)Nc1cc(Br)c(F)cc1F. The number of carbonyl (C=O) groups excluding carboxylic acids is 1. The highest BCUT2D eigenvalue weighted by Crippen LogP contribution is 2.31. The molecule has 1 aromatic rings. The van der Waals surface area contributed by atoms with Gasteiger partial charge in [0.05, 0.1) is 15.6 Å². The number of benzene rings is 1. The van der Waals surface area contributed by atoms with Crippen LogP contribution in [0.15, 0.2) is 16.6 Å². The zero-order valence-electron chi connectivity index (χ0n) is 11.3. The van der Waals surface area contributed by atoms with Crippen molar-refractivity contribution in [3.05, 3.63) is 28.2 Å². The second kappa shape index (κ2) is 5.17. The highest BCUT2D eigenvalue weighted by Gasteiger charge is 2.40. The summed E-state index contributed by atoms with van der Waals surface area (Å²) in [5, 5.41) is 2.43. The first-order chi connectivity index (χ1) is 8.46. The maximum absolute atomic E-state index is 13.6. The molecule has 3 N–H and O–H groups in total. The lowest BCUT2D eigenvalue weighted by atomic mass is 9.74. The van der Waals surface area contributed by atoms with Crippen LogP contribution >= 0.6 is 15.9 Å². The van der Waals surface area contributed by atoms with E-state index in [1.807, 2.05) is 0 Å². The summed E-state index contributed by atoms with van der Waals surface area (Å²) < 4.78 is 26.7. The molecule has 0 fully saturated rings. The van der Waals surface area contributed by atoms with Gasteiger partial charge in [-0.25, -0.2) is 8.78 Å². The molecule has 0 bridgehead atoms. The van der Waals surface area contributed by atoms with E-state index in [0.29, 0.717) is 6.07 Å². The molecule has 0 aliphatic carbocycles. The number of carbonyl (C=O) groups is 1. The molecule has 0 radical (unpaired) electrons. The molecule has 1 aromatic carbocycles. The van der Waals surface area contributed by atoms with Gasteiger partial charge in [-0.3, -0.25) is 4.79 Å². The fourth-order valence-electron chi connectivity index (χ4n) is 1.19. The largest absolute Gasteiger partial charge is 0.325 e. The van der Waals surface area contributed by atoms with E-state index < -0.39 is 28.5 Å². The molecule has 0 spiro atoms. The van der Waals surface area contributed by atoms with Crippen LogP contribution in [0.3, 0.4) is 0 Å². The van der Waals surface area contributed by atoms with Crippen LogP contribution in [-0.2, 0) is 4.79 Å². The number of hydrogen-bond acceptors (Lipinski definition) is 2. The average molecular weight is 335 g/mol. The zero-order chi connectivity index (χ0) is 15.0. The third-order valence-corrected chi connectivity index (χ3v) is 4.04. The first kappa shape index (κ1) is 16.0. The van der Waals surface area contributed by atoms with Crippen molar-refractivity contribution in [1.82, 2.24) is 0 Å². The van der Waals surface area contributed by atoms with Crippen molar-refractivity contribution in [2.75, 3.05) is 5.32 Å². The first-order valence-electron chi connectivity index (χ1n) is 5.71. The molecule has 3 nitrogen and oxygen atoms in total. The third kappa shape index (κ3) is 3.30. The second-order valence-corrected chi connectivity index (χ2v) is 6.40. The van der Waals surface area contributed by atoms with Gasteiger partial charge in [0.25, 0.3) is 0 Å². The quantitative estimate of drug-likeness (QED) is 0.832. The maximum atomic E-state index is 13.6. The Balaban J connectivity index is 3.05. The number of amides is 1. The van der Waals surface area contributed by atoms with Gasteiger partial charge in [0.15, 0.2) is 0 Å². The van der Waals surface area contributed by atoms with Crippen LogP contribution in [-0.4, -0.2) is 11.4 Å². The molecule has 0 aromatic heterocycles. The van der Waals surface area contributed by atoms with Crippen LogP contribution in [0, 0.1) is 17.0 Å². The van der Waals surface area contributed by atoms with Gasteiger partial charge in [0.2, 0.25) is 5.91 Å². The summed E-state index contributed by atoms with van der Waals surface area (Å²) in [5.41, 5.74) is 4.15. The molecule has 106 valence electrons. The van der Waals surface area contributed by atoms with Crippen LogP contribution < -0.4 is 11.1 Å². The van der Waals surface area contributed by atoms with Crippen LogP contribution in [0.1, 0.15) is 27.7 Å². The molecule has 6 heteroatoms. The van der Waals surface area contributed by atoms with Crippen molar-refractivity contribution in [3.63, 3.8) is 0 Å². The van der Waals surface area contributed by atoms with Crippen LogP contribution in [0.2, 0.25) is 0 Å². The van der Waals surface area contributed by atoms with Crippen molar-refractivity contribution >= 4 is 27.5 Å². The van der Waals surface area contributed by atoms with Gasteiger partial charge >= 0.3 is 0 Å². The van der Waals surface area contributed by atoms with Crippen molar-refractivity contribution in [1.29, 1.82) is 0 Å². The smallest absolute Gasteiger partial charge is 0.231 e. The summed E-state index contributed by atoms with van der Waals surface area (Å²) in [6.07, 6.45) is 0. The molecule has 0 atom stereocenters. The molecule has 0 saturated carbocycles. The Morgan fingerprint density at radius 2 is 1.74 bits per heavy atom. The lowest BCUT2D eigenvalue weighted by Gasteiger charge is -2.36. The predicted molar refractivity (Wildman–Crippen MR) is 74.7 cm³/mol. The Morgan fingerprint density at radius 3 is 2.21 bits per heavy atom. The van der Waals surface area contributed by atoms with Crippen molar-refractivity contribution < 1.29 is 13.6 Å². The minimum atomic E-state index is -0.916. The standard InChI is InChI=1S/C13H17BrF2N2O/c1-12(2,13(3,4)17)11(19)18-10-5-7(14)8(15)6-9(10)16/h5-6H,17H2,1-4H3,(H,18,19). The van der Waals surface area contributed by atoms with Gasteiger partial charge in [0, 0.05) is 11.6 Å². The molecule has 19 heavy (non-hydrogen) atoms. The molecule has 0 aliphatic heterocycles. The summed E-state index contributed by atoms with van der Waals surface area (Å²) in [6, 6.07) is 1.89. The Hall–Kier alpha value is -1.01. The van der Waals surface area contributed by atoms with E-state index in [1.165, 1.54) is 6.07 Å². The second-order valence-electron chi connectivity index (χ2n) is 5.55. The molecule has 0 aliphatic rings. The molecule has 0 unspecified atom stereocenters. The van der Waals surface area contributed by atoms with Gasteiger partial charge in [-0.2, -0.15) is 0 Å². The van der Waals surface area contributed by atoms with E-state index in [1.54, 1.807) is 27.7 Å². The molecule has 1 amide bonds. The molecule has 0 saturated heterocycles. The number of rotatable bonds is 3. The minimum absolute atomic E-state index is 0.0778. The van der Waals surface area contributed by atoms with Crippen molar-refractivity contribution in [3.8, 4) is 0 Å². The van der Waals surface area contributed by atoms with E-state index in [0.717, 1.165) is 0 Å². The third-order valence-electron chi connectivity index (χ3n) is 3.44. The Kier molecular flexibility index (Phi) is 4.37. The Labute approximate surface area is 119 Å². The van der Waals surface area contributed by atoms with E-state index in [2.05, 4.69) is 21.2 Å². The number of nitrogens with one attached hydrogen (secondary N) is 1. The summed E-state index contributed by atoms with van der Waals surface area (Å²) in [5.74, 6) is -1.99. The van der Waals surface area contributed by atoms with Gasteiger partial charge < -0.3 is 11.1 Å². The Morgan fingerprint density at radius 1 is 1.21 bits per heavy atom. The topological polar surface area (TPSA) is 55.1 Å². The number of anilines is 1. The number of halogens is 3. The fourth-order valence-corrected chi connectivity index (χ4v) is 1.53. The summed E-state index contributed by atoms with van der Waals surface area (Å²) in [6.45, 7) is 6.75. The van der Waals surface area contributed by atoms with Gasteiger partial charge in [0.1, 0.15) is 11.6 Å². The average Bonchev–Trinajstić information content (AvgIpc) is 2.24. The highest BCUT2D eigenvalue weighted by atomic mass is 79.9. The number of nitrogens with two attached hydrogens (primary N) is 1. The van der Waals surface area contributed by atoms with Gasteiger partial charge in [-0.05, 0) is 49.7 Å². The van der Waals surface area contributed by atoms with Crippen molar-refractivity contribution in [2.45, 2.75) is 33.2 Å². The first-order valence-corrected chi connectivity index (χ1v) is 6.51. The van der Waals surface area contributed by atoms with Gasteiger partial charge in [-0.1, -0.05) is 0 Å². The van der Waals surface area contributed by atoms with Crippen LogP contribution in [0.25, 0.3) is 0 Å². The summed E-state index contributed by atoms with van der Waals surface area (Å²) >= 11 is 2.94. The number of hydrogen-bond donors (Lipinski definition) is 2. The maximum Gasteiger partial charge on any atom is 0.231 e. The predicted octanol–water partition coefficient (Wildman–Crippen LogP) is 3.43. The molecular weight excluding hydrogens is 318 g/mol. The Bertz CT molecular complexity index is 510. The lowest BCUT2D eigenvalue weighted by molar-refractivity contribution is -0.126. The van der Waals surface area contributed by atoms with E-state index in [9.17, 15) is 13.6 Å². The summed E-state index contributed by atoms with van der Waals surface area (Å²) in [4.78, 5) is 12.2. The fraction of sp³-hybridized carbons (Fsp3) is 0.462. The lowest BCUT2D eigenvalue weighted by Crippen LogP contribution is -2.53. The van der Waals surface area contributed by atoms with Crippen LogP contribution in [0.5, 0.6) is 0 Å². The zero-order valence-corrected chi connectivity index (χ0v) is 12.9. The van der Waals surface area contributed by atoms with Crippen LogP contribution in [0.4, 0.5) is 14.5 Å². The normalized spacial score (nSPS) is 12.4. The van der Waals surface area contributed by atoms with Crippen molar-refractivity contribution in [2.24, 2.45) is 11.1 Å². The summed E-state index contributed by atoms with van der Waals surface area (Å²) in [7, 11) is 0. The minimum Gasteiger partial charge on any atom is -0.325 e. The van der Waals surface area contributed by atoms with Gasteiger partial charge in [-0.15, -0.1) is 0 Å².